The number of rotatable bonds is 3. The van der Waals surface area contributed by atoms with Gasteiger partial charge < -0.3 is 9.84 Å². The Balaban J connectivity index is 2.20. The molecule has 0 spiro atoms. The van der Waals surface area contributed by atoms with Gasteiger partial charge in [0.15, 0.2) is 0 Å². The molecule has 1 fully saturated rings. The minimum atomic E-state index is -0.636. The monoisotopic (exact) mass is 234 g/mol. The Hall–Kier alpha value is -1.02. The minimum absolute atomic E-state index is 0.342. The summed E-state index contributed by atoms with van der Waals surface area (Å²) in [7, 11) is 0. The van der Waals surface area contributed by atoms with Crippen LogP contribution in [0.1, 0.15) is 45.1 Å². The summed E-state index contributed by atoms with van der Waals surface area (Å²) in [6.45, 7) is 4.81. The Labute approximate surface area is 104 Å². The van der Waals surface area contributed by atoms with Gasteiger partial charge in [0.05, 0.1) is 12.2 Å². The van der Waals surface area contributed by atoms with Crippen LogP contribution in [-0.2, 0) is 5.60 Å². The molecule has 17 heavy (non-hydrogen) atoms. The Morgan fingerprint density at radius 1 is 1.29 bits per heavy atom. The van der Waals surface area contributed by atoms with Crippen LogP contribution in [-0.4, -0.2) is 11.7 Å². The van der Waals surface area contributed by atoms with Gasteiger partial charge in [0.2, 0.25) is 0 Å². The maximum Gasteiger partial charge on any atom is 0.119 e. The third kappa shape index (κ3) is 2.47. The number of hydrogen-bond donors (Lipinski definition) is 1. The summed E-state index contributed by atoms with van der Waals surface area (Å²) < 4.78 is 5.43. The Morgan fingerprint density at radius 3 is 2.59 bits per heavy atom. The van der Waals surface area contributed by atoms with E-state index in [0.717, 1.165) is 30.6 Å². The Bertz CT molecular complexity index is 358. The van der Waals surface area contributed by atoms with Crippen molar-refractivity contribution in [1.82, 2.24) is 0 Å². The van der Waals surface area contributed by atoms with E-state index in [9.17, 15) is 5.11 Å². The first-order chi connectivity index (χ1) is 8.16. The van der Waals surface area contributed by atoms with E-state index >= 15 is 0 Å². The van der Waals surface area contributed by atoms with E-state index in [1.54, 1.807) is 0 Å². The van der Waals surface area contributed by atoms with Crippen LogP contribution in [0.3, 0.4) is 0 Å². The molecule has 1 N–H and O–H groups in total. The summed E-state index contributed by atoms with van der Waals surface area (Å²) in [5, 5.41) is 10.8. The van der Waals surface area contributed by atoms with Crippen LogP contribution in [0.4, 0.5) is 0 Å². The highest BCUT2D eigenvalue weighted by molar-refractivity contribution is 5.31. The van der Waals surface area contributed by atoms with Crippen LogP contribution in [0.2, 0.25) is 0 Å². The molecule has 0 aromatic heterocycles. The summed E-state index contributed by atoms with van der Waals surface area (Å²) in [6, 6.07) is 7.93. The van der Waals surface area contributed by atoms with Crippen LogP contribution in [0.5, 0.6) is 5.75 Å². The fourth-order valence-corrected chi connectivity index (χ4v) is 2.77. The molecule has 2 rings (SSSR count). The number of aliphatic hydroxyl groups is 1. The van der Waals surface area contributed by atoms with Crippen LogP contribution >= 0.6 is 0 Å². The van der Waals surface area contributed by atoms with Crippen LogP contribution < -0.4 is 4.74 Å². The van der Waals surface area contributed by atoms with Gasteiger partial charge in [-0.25, -0.2) is 0 Å². The summed E-state index contributed by atoms with van der Waals surface area (Å²) in [5.74, 6) is 1.22. The highest BCUT2D eigenvalue weighted by Crippen LogP contribution is 2.41. The molecule has 2 atom stereocenters. The first-order valence-electron chi connectivity index (χ1n) is 6.62. The van der Waals surface area contributed by atoms with Crippen molar-refractivity contribution in [2.75, 3.05) is 6.61 Å². The average Bonchev–Trinajstić information content (AvgIpc) is 2.34. The van der Waals surface area contributed by atoms with Crippen molar-refractivity contribution in [3.63, 3.8) is 0 Å². The number of hydrogen-bond acceptors (Lipinski definition) is 2. The zero-order chi connectivity index (χ0) is 12.3. The summed E-state index contributed by atoms with van der Waals surface area (Å²) in [6.07, 6.45) is 4.35. The van der Waals surface area contributed by atoms with Crippen molar-refractivity contribution in [2.24, 2.45) is 5.92 Å². The molecule has 94 valence electrons. The molecule has 2 heteroatoms. The topological polar surface area (TPSA) is 29.5 Å². The molecular weight excluding hydrogens is 212 g/mol. The van der Waals surface area contributed by atoms with Crippen molar-refractivity contribution in [3.8, 4) is 5.75 Å². The molecule has 0 saturated heterocycles. The zero-order valence-electron chi connectivity index (χ0n) is 10.8. The van der Waals surface area contributed by atoms with E-state index in [2.05, 4.69) is 6.92 Å². The van der Waals surface area contributed by atoms with Crippen molar-refractivity contribution >= 4 is 0 Å². The predicted molar refractivity (Wildman–Crippen MR) is 69.1 cm³/mol. The third-order valence-corrected chi connectivity index (χ3v) is 3.93. The molecule has 1 aromatic carbocycles. The normalized spacial score (nSPS) is 29.0. The average molecular weight is 234 g/mol. The maximum atomic E-state index is 10.8. The van der Waals surface area contributed by atoms with Gasteiger partial charge in [0.1, 0.15) is 5.75 Å². The van der Waals surface area contributed by atoms with Crippen molar-refractivity contribution < 1.29 is 9.84 Å². The lowest BCUT2D eigenvalue weighted by atomic mass is 9.72. The van der Waals surface area contributed by atoms with Gasteiger partial charge in [0.25, 0.3) is 0 Å². The second-order valence-corrected chi connectivity index (χ2v) is 5.03. The highest BCUT2D eigenvalue weighted by atomic mass is 16.5. The smallest absolute Gasteiger partial charge is 0.119 e. The van der Waals surface area contributed by atoms with E-state index in [-0.39, 0.29) is 0 Å². The third-order valence-electron chi connectivity index (χ3n) is 3.93. The van der Waals surface area contributed by atoms with Crippen molar-refractivity contribution in [1.29, 1.82) is 0 Å². The quantitative estimate of drug-likeness (QED) is 0.867. The molecule has 0 amide bonds. The van der Waals surface area contributed by atoms with Gasteiger partial charge in [-0.3, -0.25) is 0 Å². The van der Waals surface area contributed by atoms with Gasteiger partial charge in [-0.05, 0) is 43.4 Å². The Kier molecular flexibility index (Phi) is 3.72. The molecule has 2 unspecified atom stereocenters. The van der Waals surface area contributed by atoms with E-state index in [0.29, 0.717) is 12.5 Å². The first kappa shape index (κ1) is 12.4. The summed E-state index contributed by atoms with van der Waals surface area (Å²) in [5.41, 5.74) is 0.399. The molecule has 1 aromatic rings. The molecule has 0 heterocycles. The SMILES string of the molecule is CCOc1ccc(C2(O)CCCCC2C)cc1. The van der Waals surface area contributed by atoms with Crippen LogP contribution in [0.25, 0.3) is 0 Å². The molecule has 0 radical (unpaired) electrons. The standard InChI is InChI=1S/C15H22O2/c1-3-17-14-9-7-13(8-10-14)15(16)11-5-4-6-12(15)2/h7-10,12,16H,3-6,11H2,1-2H3. The van der Waals surface area contributed by atoms with E-state index in [1.807, 2.05) is 31.2 Å². The van der Waals surface area contributed by atoms with Gasteiger partial charge in [-0.2, -0.15) is 0 Å². The number of ether oxygens (including phenoxy) is 1. The van der Waals surface area contributed by atoms with E-state index in [4.69, 9.17) is 4.74 Å². The van der Waals surface area contributed by atoms with E-state index < -0.39 is 5.60 Å². The van der Waals surface area contributed by atoms with Crippen LogP contribution in [0, 0.1) is 5.92 Å². The number of benzene rings is 1. The fourth-order valence-electron chi connectivity index (χ4n) is 2.77. The van der Waals surface area contributed by atoms with E-state index in [1.165, 1.54) is 6.42 Å². The fraction of sp³-hybridized carbons (Fsp3) is 0.600. The molecular formula is C15H22O2. The maximum absolute atomic E-state index is 10.8. The highest BCUT2D eigenvalue weighted by Gasteiger charge is 2.37. The molecule has 1 aliphatic rings. The van der Waals surface area contributed by atoms with Crippen molar-refractivity contribution in [3.05, 3.63) is 29.8 Å². The molecule has 0 aliphatic heterocycles. The summed E-state index contributed by atoms with van der Waals surface area (Å²) >= 11 is 0. The Morgan fingerprint density at radius 2 is 2.00 bits per heavy atom. The van der Waals surface area contributed by atoms with Crippen molar-refractivity contribution in [2.45, 2.75) is 45.1 Å². The molecule has 2 nitrogen and oxygen atoms in total. The van der Waals surface area contributed by atoms with Gasteiger partial charge in [0, 0.05) is 0 Å². The van der Waals surface area contributed by atoms with Gasteiger partial charge in [-0.15, -0.1) is 0 Å². The lowest BCUT2D eigenvalue weighted by Crippen LogP contribution is -2.36. The summed E-state index contributed by atoms with van der Waals surface area (Å²) in [4.78, 5) is 0. The largest absolute Gasteiger partial charge is 0.494 e. The predicted octanol–water partition coefficient (Wildman–Crippen LogP) is 3.48. The second kappa shape index (κ2) is 5.09. The minimum Gasteiger partial charge on any atom is -0.494 e. The first-order valence-corrected chi connectivity index (χ1v) is 6.62. The molecule has 0 bridgehead atoms. The lowest BCUT2D eigenvalue weighted by Gasteiger charge is -2.38. The van der Waals surface area contributed by atoms with Crippen LogP contribution in [0.15, 0.2) is 24.3 Å². The molecule has 1 aliphatic carbocycles. The van der Waals surface area contributed by atoms with Gasteiger partial charge >= 0.3 is 0 Å². The van der Waals surface area contributed by atoms with Gasteiger partial charge in [-0.1, -0.05) is 31.9 Å². The second-order valence-electron chi connectivity index (χ2n) is 5.03. The zero-order valence-corrected chi connectivity index (χ0v) is 10.8. The lowest BCUT2D eigenvalue weighted by molar-refractivity contribution is -0.0469. The molecule has 1 saturated carbocycles.